The number of aromatic nitrogens is 2. The average molecular weight is 281 g/mol. The van der Waals surface area contributed by atoms with Gasteiger partial charge in [-0.2, -0.15) is 13.2 Å². The predicted molar refractivity (Wildman–Crippen MR) is 70.9 cm³/mol. The van der Waals surface area contributed by atoms with Crippen molar-refractivity contribution in [3.63, 3.8) is 0 Å². The zero-order valence-corrected chi connectivity index (χ0v) is 10.9. The van der Waals surface area contributed by atoms with Crippen molar-refractivity contribution < 1.29 is 13.2 Å². The molecule has 2 rings (SSSR count). The van der Waals surface area contributed by atoms with Gasteiger partial charge in [0.2, 0.25) is 0 Å². The summed E-state index contributed by atoms with van der Waals surface area (Å²) in [4.78, 5) is 7.99. The molecule has 0 fully saturated rings. The molecule has 0 bridgehead atoms. The molecule has 3 nitrogen and oxygen atoms in total. The van der Waals surface area contributed by atoms with Crippen molar-refractivity contribution in [2.45, 2.75) is 25.9 Å². The molecule has 2 aromatic rings. The number of nitrogens with zero attached hydrogens (tertiary/aromatic N) is 2. The van der Waals surface area contributed by atoms with Crippen molar-refractivity contribution in [1.82, 2.24) is 9.97 Å². The van der Waals surface area contributed by atoms with Crippen molar-refractivity contribution >= 4 is 5.82 Å². The van der Waals surface area contributed by atoms with E-state index in [-0.39, 0.29) is 0 Å². The van der Waals surface area contributed by atoms with Gasteiger partial charge in [-0.1, -0.05) is 25.5 Å². The third kappa shape index (κ3) is 2.89. The highest BCUT2D eigenvalue weighted by Gasteiger charge is 2.30. The number of halogens is 3. The van der Waals surface area contributed by atoms with E-state index in [0.29, 0.717) is 29.1 Å². The molecule has 2 N–H and O–H groups in total. The highest BCUT2D eigenvalue weighted by atomic mass is 19.4. The van der Waals surface area contributed by atoms with Gasteiger partial charge >= 0.3 is 6.18 Å². The average Bonchev–Trinajstić information content (AvgIpc) is 2.40. The van der Waals surface area contributed by atoms with Crippen LogP contribution in [0.4, 0.5) is 19.0 Å². The van der Waals surface area contributed by atoms with E-state index in [0.717, 1.165) is 18.6 Å². The molecule has 0 spiro atoms. The number of alkyl halides is 3. The molecule has 6 heteroatoms. The minimum absolute atomic E-state index is 0.314. The lowest BCUT2D eigenvalue weighted by Gasteiger charge is -2.12. The normalized spacial score (nSPS) is 11.6. The molecule has 0 saturated carbocycles. The van der Waals surface area contributed by atoms with Crippen molar-refractivity contribution in [1.29, 1.82) is 0 Å². The van der Waals surface area contributed by atoms with Gasteiger partial charge in [0.25, 0.3) is 0 Å². The van der Waals surface area contributed by atoms with Gasteiger partial charge in [0, 0.05) is 11.1 Å². The number of nitrogen functional groups attached to an aromatic ring is 1. The lowest BCUT2D eigenvalue weighted by Crippen LogP contribution is -2.06. The maximum absolute atomic E-state index is 12.8. The van der Waals surface area contributed by atoms with Gasteiger partial charge in [-0.25, -0.2) is 9.97 Å². The minimum Gasteiger partial charge on any atom is -0.383 e. The first-order valence-electron chi connectivity index (χ1n) is 6.20. The van der Waals surface area contributed by atoms with Crippen molar-refractivity contribution in [2.75, 3.05) is 5.73 Å². The van der Waals surface area contributed by atoms with Crippen LogP contribution in [-0.2, 0) is 12.6 Å². The quantitative estimate of drug-likeness (QED) is 0.933. The van der Waals surface area contributed by atoms with Gasteiger partial charge in [0.05, 0.1) is 11.3 Å². The van der Waals surface area contributed by atoms with E-state index in [9.17, 15) is 13.2 Å². The maximum atomic E-state index is 12.8. The second-order valence-electron chi connectivity index (χ2n) is 4.41. The molecule has 1 heterocycles. The predicted octanol–water partition coefficient (Wildman–Crippen LogP) is 3.70. The number of hydrogen-bond donors (Lipinski definition) is 1. The zero-order valence-electron chi connectivity index (χ0n) is 10.9. The van der Waals surface area contributed by atoms with Crippen molar-refractivity contribution in [3.05, 3.63) is 41.7 Å². The second-order valence-corrected chi connectivity index (χ2v) is 4.41. The fourth-order valence-corrected chi connectivity index (χ4v) is 2.01. The number of hydrogen-bond acceptors (Lipinski definition) is 3. The Morgan fingerprint density at radius 2 is 1.95 bits per heavy atom. The highest BCUT2D eigenvalue weighted by Crippen LogP contribution is 2.33. The molecule has 20 heavy (non-hydrogen) atoms. The fourth-order valence-electron chi connectivity index (χ4n) is 2.01. The summed E-state index contributed by atoms with van der Waals surface area (Å²) in [6.07, 6.45) is -1.68. The highest BCUT2D eigenvalue weighted by molar-refractivity contribution is 5.68. The molecule has 0 radical (unpaired) electrons. The smallest absolute Gasteiger partial charge is 0.383 e. The first-order chi connectivity index (χ1) is 9.43. The Morgan fingerprint density at radius 3 is 2.60 bits per heavy atom. The monoisotopic (exact) mass is 281 g/mol. The van der Waals surface area contributed by atoms with Gasteiger partial charge in [0.1, 0.15) is 12.1 Å². The largest absolute Gasteiger partial charge is 0.416 e. The molecule has 0 aliphatic heterocycles. The SMILES string of the molecule is CCCc1c(N)ncnc1-c1cccc(C(F)(F)F)c1. The molecule has 1 aromatic heterocycles. The molecule has 0 unspecified atom stereocenters. The first-order valence-corrected chi connectivity index (χ1v) is 6.20. The van der Waals surface area contributed by atoms with E-state index >= 15 is 0 Å². The number of rotatable bonds is 3. The molecular formula is C14H14F3N3. The Balaban J connectivity index is 2.54. The Morgan fingerprint density at radius 1 is 1.20 bits per heavy atom. The molecule has 1 aromatic carbocycles. The molecular weight excluding hydrogens is 267 g/mol. The Hall–Kier alpha value is -2.11. The standard InChI is InChI=1S/C14H14F3N3/c1-2-4-11-12(19-8-20-13(11)18)9-5-3-6-10(7-9)14(15,16)17/h3,5-8H,2,4H2,1H3,(H2,18,19,20). The number of anilines is 1. The third-order valence-corrected chi connectivity index (χ3v) is 2.94. The van der Waals surface area contributed by atoms with Crippen molar-refractivity contribution in [2.24, 2.45) is 0 Å². The van der Waals surface area contributed by atoms with Gasteiger partial charge in [-0.05, 0) is 18.6 Å². The van der Waals surface area contributed by atoms with E-state index < -0.39 is 11.7 Å². The molecule has 0 aliphatic rings. The summed E-state index contributed by atoms with van der Waals surface area (Å²) in [6.45, 7) is 1.96. The summed E-state index contributed by atoms with van der Waals surface area (Å²) in [5.41, 5.74) is 6.65. The maximum Gasteiger partial charge on any atom is 0.416 e. The summed E-state index contributed by atoms with van der Waals surface area (Å²) in [5, 5.41) is 0. The van der Waals surface area contributed by atoms with E-state index in [1.807, 2.05) is 6.92 Å². The van der Waals surface area contributed by atoms with Gasteiger partial charge in [0.15, 0.2) is 0 Å². The summed E-state index contributed by atoms with van der Waals surface area (Å²) in [5.74, 6) is 0.314. The van der Waals surface area contributed by atoms with Gasteiger partial charge in [-0.15, -0.1) is 0 Å². The Bertz CT molecular complexity index is 609. The molecule has 0 atom stereocenters. The number of benzene rings is 1. The van der Waals surface area contributed by atoms with E-state index in [1.165, 1.54) is 12.4 Å². The minimum atomic E-state index is -4.38. The first kappa shape index (κ1) is 14.3. The molecule has 0 amide bonds. The number of nitrogens with two attached hydrogens (primary N) is 1. The van der Waals surface area contributed by atoms with Crippen LogP contribution in [0.15, 0.2) is 30.6 Å². The summed E-state index contributed by atoms with van der Waals surface area (Å²) in [7, 11) is 0. The van der Waals surface area contributed by atoms with E-state index in [2.05, 4.69) is 9.97 Å². The van der Waals surface area contributed by atoms with Crippen LogP contribution < -0.4 is 5.73 Å². The third-order valence-electron chi connectivity index (χ3n) is 2.94. The Kier molecular flexibility index (Phi) is 3.92. The van der Waals surface area contributed by atoms with E-state index in [4.69, 9.17) is 5.73 Å². The van der Waals surface area contributed by atoms with Crippen LogP contribution in [0.25, 0.3) is 11.3 Å². The lowest BCUT2D eigenvalue weighted by atomic mass is 10.0. The lowest BCUT2D eigenvalue weighted by molar-refractivity contribution is -0.137. The van der Waals surface area contributed by atoms with Gasteiger partial charge < -0.3 is 5.73 Å². The van der Waals surface area contributed by atoms with Crippen LogP contribution in [0.3, 0.4) is 0 Å². The van der Waals surface area contributed by atoms with E-state index in [1.54, 1.807) is 6.07 Å². The summed E-state index contributed by atoms with van der Waals surface area (Å²) in [6, 6.07) is 5.08. The zero-order chi connectivity index (χ0) is 14.8. The topological polar surface area (TPSA) is 51.8 Å². The van der Waals surface area contributed by atoms with Crippen LogP contribution in [0.2, 0.25) is 0 Å². The fraction of sp³-hybridized carbons (Fsp3) is 0.286. The van der Waals surface area contributed by atoms with Crippen LogP contribution in [0, 0.1) is 0 Å². The van der Waals surface area contributed by atoms with Crippen LogP contribution in [0.5, 0.6) is 0 Å². The Labute approximate surface area is 114 Å². The molecule has 0 aliphatic carbocycles. The summed E-state index contributed by atoms with van der Waals surface area (Å²) < 4.78 is 38.3. The second kappa shape index (κ2) is 5.48. The summed E-state index contributed by atoms with van der Waals surface area (Å²) >= 11 is 0. The molecule has 106 valence electrons. The van der Waals surface area contributed by atoms with Crippen molar-refractivity contribution in [3.8, 4) is 11.3 Å². The van der Waals surface area contributed by atoms with Crippen LogP contribution in [-0.4, -0.2) is 9.97 Å². The van der Waals surface area contributed by atoms with Crippen LogP contribution >= 0.6 is 0 Å². The molecule has 0 saturated heterocycles. The van der Waals surface area contributed by atoms with Gasteiger partial charge in [-0.3, -0.25) is 0 Å². The van der Waals surface area contributed by atoms with Crippen LogP contribution in [0.1, 0.15) is 24.5 Å².